The van der Waals surface area contributed by atoms with Crippen molar-refractivity contribution in [2.45, 2.75) is 42.7 Å². The summed E-state index contributed by atoms with van der Waals surface area (Å²) in [5, 5.41) is 1.47. The van der Waals surface area contributed by atoms with Crippen LogP contribution >= 0.6 is 0 Å². The average Bonchev–Trinajstić information content (AvgIpc) is 2.60. The molecule has 8 nitrogen and oxygen atoms in total. The summed E-state index contributed by atoms with van der Waals surface area (Å²) in [5.74, 6) is 0.454. The zero-order valence-electron chi connectivity index (χ0n) is 14.7. The molecule has 0 unspecified atom stereocenters. The molecule has 0 bridgehead atoms. The van der Waals surface area contributed by atoms with Gasteiger partial charge in [0, 0.05) is 5.39 Å². The van der Waals surface area contributed by atoms with Gasteiger partial charge in [0.2, 0.25) is 11.9 Å². The standard InChI is InChI=1S/C18H21N5O3S/c19-16-21-17(20)23(18(22-16)9-2-1-3-10-18)15-6-4-5-12-11-13(27(24,25)26)7-8-14(12)15/h4-8,11H,1-3,9-10H2,(H,24,25,26)(H4,19,20,21,22). The third-order valence-electron chi connectivity index (χ3n) is 5.22. The van der Waals surface area contributed by atoms with Gasteiger partial charge < -0.3 is 11.5 Å². The summed E-state index contributed by atoms with van der Waals surface area (Å²) in [7, 11) is -4.28. The minimum atomic E-state index is -4.28. The number of guanidine groups is 2. The monoisotopic (exact) mass is 387 g/mol. The number of benzene rings is 2. The second-order valence-electron chi connectivity index (χ2n) is 6.95. The van der Waals surface area contributed by atoms with Crippen LogP contribution in [0, 0.1) is 0 Å². The Morgan fingerprint density at radius 1 is 1.07 bits per heavy atom. The minimum absolute atomic E-state index is 0.151. The van der Waals surface area contributed by atoms with E-state index < -0.39 is 15.8 Å². The molecule has 0 saturated heterocycles. The fourth-order valence-corrected chi connectivity index (χ4v) is 4.59. The smallest absolute Gasteiger partial charge is 0.294 e. The van der Waals surface area contributed by atoms with Gasteiger partial charge in [0.15, 0.2) is 0 Å². The summed E-state index contributed by atoms with van der Waals surface area (Å²) in [6.07, 6.45) is 4.78. The SMILES string of the molecule is NC1=NC2(CCCCC2)N(c2cccc3cc(S(=O)(=O)O)ccc23)C(N)=N1. The van der Waals surface area contributed by atoms with E-state index in [-0.39, 0.29) is 16.8 Å². The lowest BCUT2D eigenvalue weighted by Gasteiger charge is -2.46. The molecule has 2 aromatic carbocycles. The number of hydrogen-bond donors (Lipinski definition) is 3. The van der Waals surface area contributed by atoms with E-state index in [1.54, 1.807) is 12.1 Å². The lowest BCUT2D eigenvalue weighted by atomic mass is 9.87. The maximum atomic E-state index is 11.5. The first kappa shape index (κ1) is 17.7. The highest BCUT2D eigenvalue weighted by atomic mass is 32.2. The van der Waals surface area contributed by atoms with Gasteiger partial charge >= 0.3 is 0 Å². The molecule has 0 radical (unpaired) electrons. The second kappa shape index (κ2) is 6.21. The number of fused-ring (bicyclic) bond motifs is 1. The van der Waals surface area contributed by atoms with Gasteiger partial charge in [-0.2, -0.15) is 13.4 Å². The predicted molar refractivity (Wildman–Crippen MR) is 105 cm³/mol. The fourth-order valence-electron chi connectivity index (χ4n) is 4.07. The van der Waals surface area contributed by atoms with Gasteiger partial charge in [0.25, 0.3) is 10.1 Å². The van der Waals surface area contributed by atoms with Gasteiger partial charge in [-0.15, -0.1) is 0 Å². The van der Waals surface area contributed by atoms with Gasteiger partial charge in [0.1, 0.15) is 5.66 Å². The quantitative estimate of drug-likeness (QED) is 0.676. The molecular weight excluding hydrogens is 366 g/mol. The Morgan fingerprint density at radius 3 is 2.52 bits per heavy atom. The van der Waals surface area contributed by atoms with Gasteiger partial charge in [-0.3, -0.25) is 9.45 Å². The van der Waals surface area contributed by atoms with Crippen molar-refractivity contribution in [2.24, 2.45) is 21.5 Å². The maximum Gasteiger partial charge on any atom is 0.294 e. The van der Waals surface area contributed by atoms with Crippen molar-refractivity contribution < 1.29 is 13.0 Å². The number of hydrogen-bond acceptors (Lipinski definition) is 7. The molecule has 1 aliphatic carbocycles. The molecular formula is C18H21N5O3S. The van der Waals surface area contributed by atoms with E-state index in [1.165, 1.54) is 12.1 Å². The minimum Gasteiger partial charge on any atom is -0.369 e. The number of nitrogens with two attached hydrogens (primary N) is 2. The van der Waals surface area contributed by atoms with Gasteiger partial charge in [-0.05, 0) is 49.3 Å². The molecule has 1 spiro atoms. The lowest BCUT2D eigenvalue weighted by molar-refractivity contribution is 0.306. The van der Waals surface area contributed by atoms with E-state index in [1.807, 2.05) is 17.0 Å². The van der Waals surface area contributed by atoms with Crippen LogP contribution in [-0.4, -0.2) is 30.6 Å². The van der Waals surface area contributed by atoms with Gasteiger partial charge in [-0.1, -0.05) is 24.6 Å². The highest BCUT2D eigenvalue weighted by molar-refractivity contribution is 7.85. The summed E-state index contributed by atoms with van der Waals surface area (Å²) >= 11 is 0. The number of aliphatic imine (C=N–C) groups is 2. The van der Waals surface area contributed by atoms with Crippen LogP contribution in [0.15, 0.2) is 51.3 Å². The molecule has 9 heteroatoms. The van der Waals surface area contributed by atoms with Crippen molar-refractivity contribution in [3.8, 4) is 0 Å². The Bertz CT molecular complexity index is 1070. The average molecular weight is 387 g/mol. The fraction of sp³-hybridized carbons (Fsp3) is 0.333. The largest absolute Gasteiger partial charge is 0.369 e. The Labute approximate surface area is 157 Å². The zero-order valence-corrected chi connectivity index (χ0v) is 15.5. The molecule has 1 fully saturated rings. The third kappa shape index (κ3) is 3.02. The van der Waals surface area contributed by atoms with Gasteiger partial charge in [0.05, 0.1) is 10.6 Å². The molecule has 1 heterocycles. The molecule has 1 aliphatic heterocycles. The molecule has 0 atom stereocenters. The van der Waals surface area contributed by atoms with Crippen molar-refractivity contribution in [1.29, 1.82) is 0 Å². The number of anilines is 1. The van der Waals surface area contributed by atoms with Crippen LogP contribution < -0.4 is 16.4 Å². The first-order valence-electron chi connectivity index (χ1n) is 8.80. The van der Waals surface area contributed by atoms with Crippen LogP contribution in [0.25, 0.3) is 10.8 Å². The van der Waals surface area contributed by atoms with E-state index in [0.29, 0.717) is 5.39 Å². The van der Waals surface area contributed by atoms with Crippen molar-refractivity contribution in [2.75, 3.05) is 4.90 Å². The first-order chi connectivity index (χ1) is 12.8. The molecule has 2 aliphatic rings. The molecule has 5 N–H and O–H groups in total. The second-order valence-corrected chi connectivity index (χ2v) is 8.38. The molecule has 0 aromatic heterocycles. The summed E-state index contributed by atoms with van der Waals surface area (Å²) in [4.78, 5) is 10.6. The maximum absolute atomic E-state index is 11.5. The highest BCUT2D eigenvalue weighted by Gasteiger charge is 2.43. The molecule has 4 rings (SSSR count). The Hall–Kier alpha value is -2.65. The normalized spacial score (nSPS) is 19.8. The highest BCUT2D eigenvalue weighted by Crippen LogP contribution is 2.41. The van der Waals surface area contributed by atoms with E-state index in [4.69, 9.17) is 11.5 Å². The zero-order chi connectivity index (χ0) is 19.2. The van der Waals surface area contributed by atoms with Crippen molar-refractivity contribution in [3.63, 3.8) is 0 Å². The summed E-state index contributed by atoms with van der Waals surface area (Å²) < 4.78 is 32.3. The molecule has 2 aromatic rings. The van der Waals surface area contributed by atoms with E-state index in [9.17, 15) is 13.0 Å². The Balaban J connectivity index is 1.91. The summed E-state index contributed by atoms with van der Waals surface area (Å²) in [6, 6.07) is 10.00. The summed E-state index contributed by atoms with van der Waals surface area (Å²) in [6.45, 7) is 0. The van der Waals surface area contributed by atoms with Crippen molar-refractivity contribution >= 4 is 38.5 Å². The van der Waals surface area contributed by atoms with Crippen molar-refractivity contribution in [1.82, 2.24) is 0 Å². The third-order valence-corrected chi connectivity index (χ3v) is 6.07. The molecule has 27 heavy (non-hydrogen) atoms. The van der Waals surface area contributed by atoms with Crippen molar-refractivity contribution in [3.05, 3.63) is 36.4 Å². The molecule has 142 valence electrons. The van der Waals surface area contributed by atoms with E-state index in [0.717, 1.165) is 43.2 Å². The van der Waals surface area contributed by atoms with E-state index in [2.05, 4.69) is 9.98 Å². The first-order valence-corrected chi connectivity index (χ1v) is 10.2. The van der Waals surface area contributed by atoms with Crippen LogP contribution in [-0.2, 0) is 10.1 Å². The van der Waals surface area contributed by atoms with E-state index >= 15 is 0 Å². The molecule has 0 amide bonds. The van der Waals surface area contributed by atoms with Gasteiger partial charge in [-0.25, -0.2) is 4.99 Å². The number of nitrogens with zero attached hydrogens (tertiary/aromatic N) is 3. The summed E-state index contributed by atoms with van der Waals surface area (Å²) in [5.41, 5.74) is 12.4. The number of rotatable bonds is 2. The lowest BCUT2D eigenvalue weighted by Crippen LogP contribution is -2.58. The Morgan fingerprint density at radius 2 is 1.81 bits per heavy atom. The van der Waals surface area contributed by atoms with Crippen LogP contribution in [0.5, 0.6) is 0 Å². The van der Waals surface area contributed by atoms with Crippen LogP contribution in [0.3, 0.4) is 0 Å². The Kier molecular flexibility index (Phi) is 4.08. The molecule has 1 saturated carbocycles. The topological polar surface area (TPSA) is 134 Å². The van der Waals surface area contributed by atoms with Crippen LogP contribution in [0.4, 0.5) is 5.69 Å². The van der Waals surface area contributed by atoms with Crippen LogP contribution in [0.2, 0.25) is 0 Å². The predicted octanol–water partition coefficient (Wildman–Crippen LogP) is 2.20. The van der Waals surface area contributed by atoms with Crippen LogP contribution in [0.1, 0.15) is 32.1 Å².